The summed E-state index contributed by atoms with van der Waals surface area (Å²) in [6.07, 6.45) is 9.05. The van der Waals surface area contributed by atoms with Crippen molar-refractivity contribution in [1.29, 1.82) is 0 Å². The fraction of sp³-hybridized carbons (Fsp3) is 0.320. The highest BCUT2D eigenvalue weighted by Gasteiger charge is 2.22. The van der Waals surface area contributed by atoms with Gasteiger partial charge in [-0.05, 0) is 52.3 Å². The van der Waals surface area contributed by atoms with Crippen LogP contribution in [0.2, 0.25) is 0 Å². The van der Waals surface area contributed by atoms with Crippen LogP contribution in [-0.2, 0) is 4.79 Å². The number of nitrogens with zero attached hydrogens (tertiary/aromatic N) is 7. The van der Waals surface area contributed by atoms with Crippen LogP contribution in [0, 0.1) is 13.8 Å². The third kappa shape index (κ3) is 4.91. The molecule has 184 valence electrons. The molecule has 2 N–H and O–H groups in total. The third-order valence-electron chi connectivity index (χ3n) is 6.40. The number of aryl methyl sites for hydroxylation is 2. The van der Waals surface area contributed by atoms with Crippen LogP contribution in [-0.4, -0.2) is 65.6 Å². The predicted octanol–water partition coefficient (Wildman–Crippen LogP) is 2.87. The van der Waals surface area contributed by atoms with Gasteiger partial charge in [0.05, 0.1) is 35.3 Å². The van der Waals surface area contributed by atoms with Gasteiger partial charge in [0.25, 0.3) is 5.91 Å². The molecule has 0 aliphatic carbocycles. The lowest BCUT2D eigenvalue weighted by atomic mass is 10.1. The van der Waals surface area contributed by atoms with Gasteiger partial charge in [-0.1, -0.05) is 11.3 Å². The number of hydrogen-bond donors (Lipinski definition) is 2. The van der Waals surface area contributed by atoms with Crippen LogP contribution >= 0.6 is 0 Å². The SMILES string of the molecule is Cc1ncc(-c2ccc3c(C(=O)Nc4cc(NC(=O)CN5CCC[C@@H]5C)cnc4C)nnn3c2)cn1. The van der Waals surface area contributed by atoms with E-state index in [1.165, 1.54) is 0 Å². The van der Waals surface area contributed by atoms with Crippen LogP contribution in [0.3, 0.4) is 0 Å². The lowest BCUT2D eigenvalue weighted by molar-refractivity contribution is -0.117. The van der Waals surface area contributed by atoms with E-state index in [1.54, 1.807) is 48.4 Å². The molecule has 1 aliphatic rings. The summed E-state index contributed by atoms with van der Waals surface area (Å²) in [4.78, 5) is 40.5. The van der Waals surface area contributed by atoms with Crippen molar-refractivity contribution < 1.29 is 9.59 Å². The number of nitrogens with one attached hydrogen (secondary N) is 2. The van der Waals surface area contributed by atoms with E-state index in [2.05, 4.69) is 47.7 Å². The Morgan fingerprint density at radius 3 is 2.61 bits per heavy atom. The molecule has 1 atom stereocenters. The van der Waals surface area contributed by atoms with Gasteiger partial charge >= 0.3 is 0 Å². The minimum absolute atomic E-state index is 0.106. The number of carbonyl (C=O) groups excluding carboxylic acids is 2. The van der Waals surface area contributed by atoms with Crippen molar-refractivity contribution in [1.82, 2.24) is 34.7 Å². The Morgan fingerprint density at radius 1 is 1.06 bits per heavy atom. The van der Waals surface area contributed by atoms with Crippen LogP contribution in [0.15, 0.2) is 43.0 Å². The lowest BCUT2D eigenvalue weighted by Gasteiger charge is -2.20. The zero-order chi connectivity index (χ0) is 25.2. The van der Waals surface area contributed by atoms with Gasteiger partial charge in [-0.25, -0.2) is 14.5 Å². The van der Waals surface area contributed by atoms with E-state index in [-0.39, 0.29) is 11.6 Å². The number of amides is 2. The average Bonchev–Trinajstić information content (AvgIpc) is 3.47. The number of aromatic nitrogens is 6. The highest BCUT2D eigenvalue weighted by Crippen LogP contribution is 2.22. The molecule has 4 aromatic heterocycles. The van der Waals surface area contributed by atoms with Gasteiger partial charge in [-0.15, -0.1) is 5.10 Å². The van der Waals surface area contributed by atoms with E-state index < -0.39 is 5.91 Å². The maximum absolute atomic E-state index is 13.1. The van der Waals surface area contributed by atoms with E-state index in [9.17, 15) is 9.59 Å². The molecule has 11 nitrogen and oxygen atoms in total. The summed E-state index contributed by atoms with van der Waals surface area (Å²) in [5.41, 5.74) is 4.05. The molecule has 0 bridgehead atoms. The molecule has 0 aromatic carbocycles. The quantitative estimate of drug-likeness (QED) is 0.426. The van der Waals surface area contributed by atoms with Gasteiger partial charge in [-0.2, -0.15) is 0 Å². The van der Waals surface area contributed by atoms with Crippen LogP contribution < -0.4 is 10.6 Å². The summed E-state index contributed by atoms with van der Waals surface area (Å²) in [6, 6.07) is 5.76. The van der Waals surface area contributed by atoms with Gasteiger partial charge in [0.2, 0.25) is 5.91 Å². The van der Waals surface area contributed by atoms with Crippen molar-refractivity contribution in [3.8, 4) is 11.1 Å². The summed E-state index contributed by atoms with van der Waals surface area (Å²) in [5.74, 6) is 0.163. The monoisotopic (exact) mass is 485 g/mol. The fourth-order valence-electron chi connectivity index (χ4n) is 4.29. The molecule has 1 aliphatic heterocycles. The fourth-order valence-corrected chi connectivity index (χ4v) is 4.29. The lowest BCUT2D eigenvalue weighted by Crippen LogP contribution is -2.35. The molecule has 11 heteroatoms. The topological polar surface area (TPSA) is 130 Å². The van der Waals surface area contributed by atoms with E-state index in [0.29, 0.717) is 41.0 Å². The first-order valence-corrected chi connectivity index (χ1v) is 11.8. The van der Waals surface area contributed by atoms with Gasteiger partial charge < -0.3 is 10.6 Å². The molecule has 0 saturated carbocycles. The normalized spacial score (nSPS) is 15.8. The Labute approximate surface area is 208 Å². The molecule has 1 fully saturated rings. The zero-order valence-corrected chi connectivity index (χ0v) is 20.4. The molecule has 5 heterocycles. The smallest absolute Gasteiger partial charge is 0.278 e. The Bertz CT molecular complexity index is 1430. The predicted molar refractivity (Wildman–Crippen MR) is 135 cm³/mol. The first-order valence-electron chi connectivity index (χ1n) is 11.8. The van der Waals surface area contributed by atoms with Crippen molar-refractivity contribution in [2.75, 3.05) is 23.7 Å². The summed E-state index contributed by atoms with van der Waals surface area (Å²) in [6.45, 7) is 7.00. The van der Waals surface area contributed by atoms with E-state index >= 15 is 0 Å². The highest BCUT2D eigenvalue weighted by molar-refractivity contribution is 6.08. The summed E-state index contributed by atoms with van der Waals surface area (Å²) in [5, 5.41) is 13.9. The number of fused-ring (bicyclic) bond motifs is 1. The first-order chi connectivity index (χ1) is 17.4. The number of pyridine rings is 2. The Kier molecular flexibility index (Phi) is 6.38. The number of carbonyl (C=O) groups is 2. The van der Waals surface area contributed by atoms with Gasteiger partial charge in [0.1, 0.15) is 5.82 Å². The van der Waals surface area contributed by atoms with Crippen molar-refractivity contribution in [2.24, 2.45) is 0 Å². The number of anilines is 2. The molecule has 0 radical (unpaired) electrons. The second-order valence-electron chi connectivity index (χ2n) is 9.03. The second kappa shape index (κ2) is 9.78. The van der Waals surface area contributed by atoms with E-state index in [4.69, 9.17) is 0 Å². The zero-order valence-electron chi connectivity index (χ0n) is 20.4. The van der Waals surface area contributed by atoms with Crippen molar-refractivity contribution in [3.63, 3.8) is 0 Å². The molecular weight excluding hydrogens is 458 g/mol. The summed E-state index contributed by atoms with van der Waals surface area (Å²) >= 11 is 0. The number of rotatable bonds is 6. The first kappa shape index (κ1) is 23.5. The number of hydrogen-bond acceptors (Lipinski definition) is 8. The maximum atomic E-state index is 13.1. The largest absolute Gasteiger partial charge is 0.324 e. The van der Waals surface area contributed by atoms with E-state index in [0.717, 1.165) is 30.5 Å². The summed E-state index contributed by atoms with van der Waals surface area (Å²) in [7, 11) is 0. The Balaban J connectivity index is 1.30. The van der Waals surface area contributed by atoms with Crippen molar-refractivity contribution in [3.05, 3.63) is 60.2 Å². The van der Waals surface area contributed by atoms with Crippen molar-refractivity contribution >= 4 is 28.7 Å². The summed E-state index contributed by atoms with van der Waals surface area (Å²) < 4.78 is 1.55. The Hall–Kier alpha value is -4.25. The average molecular weight is 486 g/mol. The molecule has 4 aromatic rings. The van der Waals surface area contributed by atoms with Gasteiger partial charge in [0.15, 0.2) is 5.69 Å². The molecule has 0 spiro atoms. The highest BCUT2D eigenvalue weighted by atomic mass is 16.2. The molecule has 5 rings (SSSR count). The van der Waals surface area contributed by atoms with Crippen LogP contribution in [0.4, 0.5) is 11.4 Å². The minimum atomic E-state index is -0.421. The molecule has 0 unspecified atom stereocenters. The second-order valence-corrected chi connectivity index (χ2v) is 9.03. The van der Waals surface area contributed by atoms with Crippen LogP contribution in [0.5, 0.6) is 0 Å². The molecule has 1 saturated heterocycles. The standard InChI is InChI=1S/C25H27N9O2/c1-15-5-4-8-33(15)14-23(35)29-20-9-21(16(2)26-12-20)30-25(36)24-22-7-6-18(13-34(22)32-31-24)19-10-27-17(3)28-11-19/h6-7,9-13,15H,4-5,8,14H2,1-3H3,(H,29,35)(H,30,36)/t15-/m0/s1. The molecule has 36 heavy (non-hydrogen) atoms. The number of likely N-dealkylation sites (tertiary alicyclic amines) is 1. The molecular formula is C25H27N9O2. The van der Waals surface area contributed by atoms with Crippen molar-refractivity contribution in [2.45, 2.75) is 39.7 Å². The van der Waals surface area contributed by atoms with E-state index in [1.807, 2.05) is 13.0 Å². The third-order valence-corrected chi connectivity index (χ3v) is 6.40. The van der Waals surface area contributed by atoms with Gasteiger partial charge in [0, 0.05) is 35.8 Å². The van der Waals surface area contributed by atoms with Gasteiger partial charge in [-0.3, -0.25) is 19.5 Å². The maximum Gasteiger partial charge on any atom is 0.278 e. The minimum Gasteiger partial charge on any atom is -0.324 e. The van der Waals surface area contributed by atoms with Crippen LogP contribution in [0.25, 0.3) is 16.6 Å². The van der Waals surface area contributed by atoms with Crippen LogP contribution in [0.1, 0.15) is 41.8 Å². The molecule has 2 amide bonds. The Morgan fingerprint density at radius 2 is 1.86 bits per heavy atom.